The van der Waals surface area contributed by atoms with Crippen molar-refractivity contribution >= 4 is 5.91 Å². The average Bonchev–Trinajstić information content (AvgIpc) is 3.21. The van der Waals surface area contributed by atoms with E-state index in [0.29, 0.717) is 12.6 Å². The first-order valence-corrected chi connectivity index (χ1v) is 7.41. The van der Waals surface area contributed by atoms with E-state index in [-0.39, 0.29) is 5.91 Å². The largest absolute Gasteiger partial charge is 0.497 e. The number of rotatable bonds is 6. The highest BCUT2D eigenvalue weighted by atomic mass is 16.5. The molecule has 0 radical (unpaired) electrons. The summed E-state index contributed by atoms with van der Waals surface area (Å²) >= 11 is 0. The summed E-state index contributed by atoms with van der Waals surface area (Å²) < 4.78 is 5.18. The minimum atomic E-state index is 0.289. The lowest BCUT2D eigenvalue weighted by atomic mass is 10.2. The molecule has 4 nitrogen and oxygen atoms in total. The van der Waals surface area contributed by atoms with Crippen molar-refractivity contribution in [1.29, 1.82) is 0 Å². The number of carbonyl (C=O) groups excluding carboxylic acids is 1. The lowest BCUT2D eigenvalue weighted by Gasteiger charge is -2.33. The molecule has 1 saturated heterocycles. The summed E-state index contributed by atoms with van der Waals surface area (Å²) in [6.07, 6.45) is 3.61. The van der Waals surface area contributed by atoms with Crippen molar-refractivity contribution in [2.45, 2.75) is 31.8 Å². The van der Waals surface area contributed by atoms with E-state index in [0.717, 1.165) is 31.8 Å². The molecule has 20 heavy (non-hydrogen) atoms. The van der Waals surface area contributed by atoms with Gasteiger partial charge in [0.15, 0.2) is 0 Å². The summed E-state index contributed by atoms with van der Waals surface area (Å²) in [4.78, 5) is 16.4. The van der Waals surface area contributed by atoms with Crippen LogP contribution in [0, 0.1) is 0 Å². The van der Waals surface area contributed by atoms with Gasteiger partial charge < -0.3 is 9.64 Å². The number of hydrogen-bond acceptors (Lipinski definition) is 3. The van der Waals surface area contributed by atoms with E-state index in [9.17, 15) is 4.79 Å². The Hall–Kier alpha value is -1.55. The molecule has 0 N–H and O–H groups in total. The molecule has 2 fully saturated rings. The predicted octanol–water partition coefficient (Wildman–Crippen LogP) is 1.89. The molecule has 1 aliphatic heterocycles. The van der Waals surface area contributed by atoms with Gasteiger partial charge in [-0.1, -0.05) is 12.1 Å². The zero-order chi connectivity index (χ0) is 13.9. The van der Waals surface area contributed by atoms with Crippen LogP contribution in [0.1, 0.15) is 24.8 Å². The molecule has 1 aliphatic carbocycles. The van der Waals surface area contributed by atoms with E-state index in [1.807, 2.05) is 17.0 Å². The first-order chi connectivity index (χ1) is 9.76. The molecule has 1 heterocycles. The van der Waals surface area contributed by atoms with E-state index in [4.69, 9.17) is 4.74 Å². The number of nitrogens with zero attached hydrogens (tertiary/aromatic N) is 2. The van der Waals surface area contributed by atoms with Crippen molar-refractivity contribution in [3.63, 3.8) is 0 Å². The van der Waals surface area contributed by atoms with Crippen molar-refractivity contribution < 1.29 is 9.53 Å². The maximum atomic E-state index is 12.1. The van der Waals surface area contributed by atoms with Gasteiger partial charge in [0.05, 0.1) is 13.7 Å². The van der Waals surface area contributed by atoms with Crippen LogP contribution in [0.4, 0.5) is 0 Å². The Kier molecular flexibility index (Phi) is 3.92. The molecule has 0 aromatic heterocycles. The second-order valence-electron chi connectivity index (χ2n) is 5.72. The fourth-order valence-electron chi connectivity index (χ4n) is 2.56. The maximum absolute atomic E-state index is 12.1. The standard InChI is InChI=1S/C16H22N2O2/c1-20-15-7-3-13(4-8-15)11-18(14-5-6-14)12-16(19)17-9-2-10-17/h3-4,7-8,14H,2,5-6,9-12H2,1H3. The van der Waals surface area contributed by atoms with E-state index in [2.05, 4.69) is 17.0 Å². The number of ether oxygens (including phenoxy) is 1. The highest BCUT2D eigenvalue weighted by Gasteiger charge is 2.32. The molecule has 4 heteroatoms. The fraction of sp³-hybridized carbons (Fsp3) is 0.562. The SMILES string of the molecule is COc1ccc(CN(CC(=O)N2CCC2)C2CC2)cc1. The molecule has 0 spiro atoms. The summed E-state index contributed by atoms with van der Waals surface area (Å²) in [5.74, 6) is 1.17. The van der Waals surface area contributed by atoms with Crippen LogP contribution in [0.25, 0.3) is 0 Å². The Bertz CT molecular complexity index is 464. The molecule has 1 aromatic carbocycles. The Balaban J connectivity index is 1.59. The quantitative estimate of drug-likeness (QED) is 0.794. The third-order valence-electron chi connectivity index (χ3n) is 4.16. The number of methoxy groups -OCH3 is 1. The monoisotopic (exact) mass is 274 g/mol. The topological polar surface area (TPSA) is 32.8 Å². The van der Waals surface area contributed by atoms with E-state index < -0.39 is 0 Å². The van der Waals surface area contributed by atoms with Gasteiger partial charge in [-0.25, -0.2) is 0 Å². The molecule has 0 atom stereocenters. The smallest absolute Gasteiger partial charge is 0.236 e. The number of benzene rings is 1. The highest BCUT2D eigenvalue weighted by molar-refractivity contribution is 5.79. The van der Waals surface area contributed by atoms with Crippen molar-refractivity contribution in [2.75, 3.05) is 26.7 Å². The van der Waals surface area contributed by atoms with Crippen molar-refractivity contribution in [1.82, 2.24) is 9.80 Å². The third-order valence-corrected chi connectivity index (χ3v) is 4.16. The Morgan fingerprint density at radius 3 is 2.50 bits per heavy atom. The zero-order valence-electron chi connectivity index (χ0n) is 12.0. The average molecular weight is 274 g/mol. The summed E-state index contributed by atoms with van der Waals surface area (Å²) in [5.41, 5.74) is 1.24. The van der Waals surface area contributed by atoms with Crippen LogP contribution < -0.4 is 4.74 Å². The second-order valence-corrected chi connectivity index (χ2v) is 5.72. The first-order valence-electron chi connectivity index (χ1n) is 7.41. The summed E-state index contributed by atoms with van der Waals surface area (Å²) in [5, 5.41) is 0. The van der Waals surface area contributed by atoms with Gasteiger partial charge in [-0.15, -0.1) is 0 Å². The highest BCUT2D eigenvalue weighted by Crippen LogP contribution is 2.28. The van der Waals surface area contributed by atoms with Crippen LogP contribution in [0.3, 0.4) is 0 Å². The molecule has 3 rings (SSSR count). The van der Waals surface area contributed by atoms with Gasteiger partial charge in [-0.2, -0.15) is 0 Å². The Morgan fingerprint density at radius 2 is 2.00 bits per heavy atom. The summed E-state index contributed by atoms with van der Waals surface area (Å²) in [6.45, 7) is 3.31. The van der Waals surface area contributed by atoms with E-state index in [1.165, 1.54) is 18.4 Å². The number of hydrogen-bond donors (Lipinski definition) is 0. The molecule has 108 valence electrons. The normalized spacial score (nSPS) is 18.0. The minimum absolute atomic E-state index is 0.289. The number of likely N-dealkylation sites (tertiary alicyclic amines) is 1. The zero-order valence-corrected chi connectivity index (χ0v) is 12.0. The maximum Gasteiger partial charge on any atom is 0.236 e. The van der Waals surface area contributed by atoms with Gasteiger partial charge in [0.25, 0.3) is 0 Å². The molecule has 0 bridgehead atoms. The van der Waals surface area contributed by atoms with E-state index >= 15 is 0 Å². The van der Waals surface area contributed by atoms with Crippen LogP contribution in [-0.2, 0) is 11.3 Å². The lowest BCUT2D eigenvalue weighted by molar-refractivity contribution is -0.136. The van der Waals surface area contributed by atoms with Gasteiger partial charge in [0.1, 0.15) is 5.75 Å². The molecule has 1 amide bonds. The molecular weight excluding hydrogens is 252 g/mol. The van der Waals surface area contributed by atoms with Gasteiger partial charge in [-0.05, 0) is 37.0 Å². The van der Waals surface area contributed by atoms with Gasteiger partial charge >= 0.3 is 0 Å². The predicted molar refractivity (Wildman–Crippen MR) is 77.6 cm³/mol. The first kappa shape index (κ1) is 13.4. The van der Waals surface area contributed by atoms with Crippen molar-refractivity contribution in [3.8, 4) is 5.75 Å². The Morgan fingerprint density at radius 1 is 1.30 bits per heavy atom. The summed E-state index contributed by atoms with van der Waals surface area (Å²) in [6, 6.07) is 8.74. The third kappa shape index (κ3) is 3.12. The Labute approximate surface area is 120 Å². The summed E-state index contributed by atoms with van der Waals surface area (Å²) in [7, 11) is 1.68. The minimum Gasteiger partial charge on any atom is -0.497 e. The second kappa shape index (κ2) is 5.83. The lowest BCUT2D eigenvalue weighted by Crippen LogP contribution is -2.47. The van der Waals surface area contributed by atoms with Crippen molar-refractivity contribution in [2.24, 2.45) is 0 Å². The van der Waals surface area contributed by atoms with Gasteiger partial charge in [0.2, 0.25) is 5.91 Å². The van der Waals surface area contributed by atoms with Crippen LogP contribution in [0.15, 0.2) is 24.3 Å². The van der Waals surface area contributed by atoms with Gasteiger partial charge in [0, 0.05) is 25.7 Å². The molecule has 1 saturated carbocycles. The molecular formula is C16H22N2O2. The molecule has 1 aromatic rings. The van der Waals surface area contributed by atoms with Crippen molar-refractivity contribution in [3.05, 3.63) is 29.8 Å². The number of amides is 1. The van der Waals surface area contributed by atoms with Crippen LogP contribution in [-0.4, -0.2) is 48.5 Å². The van der Waals surface area contributed by atoms with Gasteiger partial charge in [-0.3, -0.25) is 9.69 Å². The fourth-order valence-corrected chi connectivity index (χ4v) is 2.56. The van der Waals surface area contributed by atoms with Crippen LogP contribution >= 0.6 is 0 Å². The van der Waals surface area contributed by atoms with E-state index in [1.54, 1.807) is 7.11 Å². The number of carbonyl (C=O) groups is 1. The van der Waals surface area contributed by atoms with Crippen LogP contribution in [0.2, 0.25) is 0 Å². The molecule has 0 unspecified atom stereocenters. The molecule has 2 aliphatic rings. The van der Waals surface area contributed by atoms with Crippen LogP contribution in [0.5, 0.6) is 5.75 Å².